The molecule has 1 heterocycles. The summed E-state index contributed by atoms with van der Waals surface area (Å²) in [6.07, 6.45) is 0. The van der Waals surface area contributed by atoms with E-state index < -0.39 is 15.0 Å². The number of hydrogen-bond donors (Lipinski definition) is 0. The lowest BCUT2D eigenvalue weighted by Gasteiger charge is -2.04. The zero-order valence-electron chi connectivity index (χ0n) is 9.22. The fourth-order valence-corrected chi connectivity index (χ4v) is 2.48. The van der Waals surface area contributed by atoms with Gasteiger partial charge in [-0.25, -0.2) is 0 Å². The molecule has 0 aliphatic carbocycles. The molecule has 0 spiro atoms. The second-order valence-electron chi connectivity index (χ2n) is 3.45. The maximum atomic E-state index is 11.9. The van der Waals surface area contributed by atoms with E-state index in [0.29, 0.717) is 5.02 Å². The second-order valence-corrected chi connectivity index (χ2v) is 6.46. The van der Waals surface area contributed by atoms with Gasteiger partial charge < -0.3 is 8.60 Å². The van der Waals surface area contributed by atoms with Crippen LogP contribution in [-0.4, -0.2) is 8.42 Å². The molecule has 1 aromatic heterocycles. The number of hydrogen-bond acceptors (Lipinski definition) is 4. The van der Waals surface area contributed by atoms with E-state index in [1.807, 2.05) is 0 Å². The fraction of sp³-hybridized carbons (Fsp3) is 0.0909. The van der Waals surface area contributed by atoms with E-state index in [0.717, 1.165) is 0 Å². The smallest absolute Gasteiger partial charge is 0.373 e. The molecule has 0 saturated heterocycles. The highest BCUT2D eigenvalue weighted by atomic mass is 35.5. The van der Waals surface area contributed by atoms with Crippen LogP contribution in [0.25, 0.3) is 0 Å². The molecule has 0 atom stereocenters. The Balaban J connectivity index is 2.24. The maximum absolute atomic E-state index is 11.9. The number of benzene rings is 1. The standard InChI is InChI=1S/C11H7Cl3O4S/c12-7-1-3-8(4-2-7)18-19(15,16)10-6-5-9(17-10)11(13)14/h1-6,11H. The lowest BCUT2D eigenvalue weighted by molar-refractivity contribution is 0.393. The van der Waals surface area contributed by atoms with Gasteiger partial charge in [-0.15, -0.1) is 0 Å². The minimum Gasteiger partial charge on any atom is -0.444 e. The van der Waals surface area contributed by atoms with Crippen molar-refractivity contribution in [2.75, 3.05) is 0 Å². The van der Waals surface area contributed by atoms with Gasteiger partial charge in [0.25, 0.3) is 5.09 Å². The zero-order chi connectivity index (χ0) is 14.0. The molecular weight excluding hydrogens is 335 g/mol. The van der Waals surface area contributed by atoms with Crippen molar-refractivity contribution in [1.82, 2.24) is 0 Å². The van der Waals surface area contributed by atoms with Crippen LogP contribution in [0.1, 0.15) is 10.6 Å². The van der Waals surface area contributed by atoms with E-state index in [4.69, 9.17) is 43.4 Å². The third-order valence-corrected chi connectivity index (χ3v) is 3.89. The monoisotopic (exact) mass is 340 g/mol. The molecule has 0 saturated carbocycles. The van der Waals surface area contributed by atoms with Crippen molar-refractivity contribution in [3.8, 4) is 5.75 Å². The van der Waals surface area contributed by atoms with Crippen molar-refractivity contribution in [3.05, 3.63) is 47.2 Å². The van der Waals surface area contributed by atoms with Crippen molar-refractivity contribution in [3.63, 3.8) is 0 Å². The van der Waals surface area contributed by atoms with Crippen LogP contribution in [0.5, 0.6) is 5.75 Å². The molecule has 1 aromatic carbocycles. The van der Waals surface area contributed by atoms with Crippen molar-refractivity contribution in [2.24, 2.45) is 0 Å². The predicted octanol–water partition coefficient (Wildman–Crippen LogP) is 4.18. The van der Waals surface area contributed by atoms with Crippen LogP contribution in [0.15, 0.2) is 45.9 Å². The first-order valence-electron chi connectivity index (χ1n) is 4.96. The Bertz CT molecular complexity index is 662. The van der Waals surface area contributed by atoms with Crippen LogP contribution in [0.4, 0.5) is 0 Å². The van der Waals surface area contributed by atoms with Gasteiger partial charge in [-0.2, -0.15) is 8.42 Å². The Morgan fingerprint density at radius 2 is 1.68 bits per heavy atom. The molecule has 8 heteroatoms. The molecule has 0 radical (unpaired) electrons. The summed E-state index contributed by atoms with van der Waals surface area (Å²) in [6, 6.07) is 8.45. The minimum atomic E-state index is -4.07. The first-order valence-corrected chi connectivity index (χ1v) is 7.62. The first kappa shape index (κ1) is 14.5. The molecule has 0 fully saturated rings. The lowest BCUT2D eigenvalue weighted by Crippen LogP contribution is -2.08. The SMILES string of the molecule is O=S(=O)(Oc1ccc(Cl)cc1)c1ccc(C(Cl)Cl)o1. The Morgan fingerprint density at radius 3 is 2.21 bits per heavy atom. The van der Waals surface area contributed by atoms with Crippen LogP contribution in [0.2, 0.25) is 5.02 Å². The third-order valence-electron chi connectivity index (χ3n) is 2.08. The molecule has 0 aliphatic rings. The van der Waals surface area contributed by atoms with Gasteiger partial charge in [0, 0.05) is 5.02 Å². The molecule has 2 aromatic rings. The predicted molar refractivity (Wildman–Crippen MR) is 72.4 cm³/mol. The topological polar surface area (TPSA) is 56.5 Å². The molecule has 2 rings (SSSR count). The van der Waals surface area contributed by atoms with Crippen LogP contribution in [-0.2, 0) is 10.1 Å². The Morgan fingerprint density at radius 1 is 1.05 bits per heavy atom. The highest BCUT2D eigenvalue weighted by Crippen LogP contribution is 2.29. The summed E-state index contributed by atoms with van der Waals surface area (Å²) in [5.74, 6) is 0.247. The van der Waals surface area contributed by atoms with Gasteiger partial charge in [0.15, 0.2) is 4.84 Å². The highest BCUT2D eigenvalue weighted by Gasteiger charge is 2.22. The van der Waals surface area contributed by atoms with Gasteiger partial charge >= 0.3 is 10.1 Å². The highest BCUT2D eigenvalue weighted by molar-refractivity contribution is 7.87. The normalized spacial score (nSPS) is 11.8. The molecule has 0 unspecified atom stereocenters. The van der Waals surface area contributed by atoms with Gasteiger partial charge in [-0.1, -0.05) is 34.8 Å². The summed E-state index contributed by atoms with van der Waals surface area (Å²) in [5.41, 5.74) is 0. The van der Waals surface area contributed by atoms with Crippen molar-refractivity contribution in [1.29, 1.82) is 0 Å². The molecule has 102 valence electrons. The summed E-state index contributed by atoms with van der Waals surface area (Å²) < 4.78 is 33.6. The number of rotatable bonds is 4. The van der Waals surface area contributed by atoms with Crippen LogP contribution < -0.4 is 4.18 Å². The van der Waals surface area contributed by atoms with Crippen molar-refractivity contribution >= 4 is 44.9 Å². The van der Waals surface area contributed by atoms with E-state index in [1.165, 1.54) is 36.4 Å². The number of halogens is 3. The zero-order valence-corrected chi connectivity index (χ0v) is 12.3. The average molecular weight is 342 g/mol. The van der Waals surface area contributed by atoms with E-state index in [9.17, 15) is 8.42 Å². The summed E-state index contributed by atoms with van der Waals surface area (Å²) in [5, 5.41) is 0.0981. The molecule has 0 amide bonds. The van der Waals surface area contributed by atoms with Crippen LogP contribution >= 0.6 is 34.8 Å². The summed E-state index contributed by atoms with van der Waals surface area (Å²) >= 11 is 16.8. The van der Waals surface area contributed by atoms with Crippen molar-refractivity contribution in [2.45, 2.75) is 9.93 Å². The number of alkyl halides is 2. The van der Waals surface area contributed by atoms with Crippen LogP contribution in [0.3, 0.4) is 0 Å². The summed E-state index contributed by atoms with van der Waals surface area (Å²) in [4.78, 5) is -0.945. The molecule has 4 nitrogen and oxygen atoms in total. The first-order chi connectivity index (χ1) is 8.88. The molecular formula is C11H7Cl3O4S. The molecule has 0 bridgehead atoms. The van der Waals surface area contributed by atoms with Gasteiger partial charge in [-0.3, -0.25) is 0 Å². The lowest BCUT2D eigenvalue weighted by atomic mass is 10.3. The minimum absolute atomic E-state index is 0.121. The van der Waals surface area contributed by atoms with E-state index in [1.54, 1.807) is 0 Å². The van der Waals surface area contributed by atoms with Crippen molar-refractivity contribution < 1.29 is 17.0 Å². The van der Waals surface area contributed by atoms with Gasteiger partial charge in [0.05, 0.1) is 0 Å². The average Bonchev–Trinajstić information content (AvgIpc) is 2.82. The Hall–Kier alpha value is -0.880. The fourth-order valence-electron chi connectivity index (χ4n) is 1.24. The summed E-state index contributed by atoms with van der Waals surface area (Å²) in [7, 11) is -4.07. The molecule has 0 aliphatic heterocycles. The quantitative estimate of drug-likeness (QED) is 0.618. The Kier molecular flexibility index (Phi) is 4.30. The number of furan rings is 1. The second kappa shape index (κ2) is 5.63. The molecule has 19 heavy (non-hydrogen) atoms. The largest absolute Gasteiger partial charge is 0.444 e. The van der Waals surface area contributed by atoms with Gasteiger partial charge in [-0.05, 0) is 36.4 Å². The third kappa shape index (κ3) is 3.57. The van der Waals surface area contributed by atoms with Crippen LogP contribution in [0, 0.1) is 0 Å². The maximum Gasteiger partial charge on any atom is 0.373 e. The van der Waals surface area contributed by atoms with E-state index in [-0.39, 0.29) is 16.6 Å². The molecule has 0 N–H and O–H groups in total. The Labute approximate surface area is 125 Å². The van der Waals surface area contributed by atoms with E-state index >= 15 is 0 Å². The van der Waals surface area contributed by atoms with Gasteiger partial charge in [0.2, 0.25) is 0 Å². The summed E-state index contributed by atoms with van der Waals surface area (Å²) in [6.45, 7) is 0. The van der Waals surface area contributed by atoms with Gasteiger partial charge in [0.1, 0.15) is 11.5 Å². The van der Waals surface area contributed by atoms with E-state index in [2.05, 4.69) is 0 Å².